The number of carbonyl (C=O) groups is 1. The number of carbonyl (C=O) groups excluding carboxylic acids is 1. The normalized spacial score (nSPS) is 17.0. The van der Waals surface area contributed by atoms with Crippen LogP contribution in [-0.2, 0) is 4.79 Å². The highest BCUT2D eigenvalue weighted by atomic mass is 16.2. The molecule has 0 aromatic heterocycles. The quantitative estimate of drug-likeness (QED) is 0.834. The summed E-state index contributed by atoms with van der Waals surface area (Å²) in [5.74, 6) is 0.386. The van der Waals surface area contributed by atoms with Crippen LogP contribution in [-0.4, -0.2) is 36.5 Å². The zero-order chi connectivity index (χ0) is 17.5. The molecule has 0 saturated carbocycles. The van der Waals surface area contributed by atoms with E-state index in [9.17, 15) is 4.79 Å². The summed E-state index contributed by atoms with van der Waals surface area (Å²) in [6.45, 7) is 4.93. The van der Waals surface area contributed by atoms with Gasteiger partial charge in [0.05, 0.1) is 0 Å². The van der Waals surface area contributed by atoms with E-state index in [1.165, 1.54) is 11.1 Å². The van der Waals surface area contributed by atoms with Gasteiger partial charge in [-0.05, 0) is 30.5 Å². The summed E-state index contributed by atoms with van der Waals surface area (Å²) >= 11 is 0. The zero-order valence-corrected chi connectivity index (χ0v) is 15.0. The van der Waals surface area contributed by atoms with Gasteiger partial charge >= 0.3 is 0 Å². The van der Waals surface area contributed by atoms with Gasteiger partial charge in [-0.15, -0.1) is 0 Å². The fourth-order valence-corrected chi connectivity index (χ4v) is 3.75. The first kappa shape index (κ1) is 17.7. The Morgan fingerprint density at radius 3 is 2.16 bits per heavy atom. The van der Waals surface area contributed by atoms with Crippen LogP contribution in [0.5, 0.6) is 0 Å². The minimum absolute atomic E-state index is 0.114. The van der Waals surface area contributed by atoms with Crippen molar-refractivity contribution in [2.24, 2.45) is 0 Å². The Bertz CT molecular complexity index is 611. The van der Waals surface area contributed by atoms with Crippen LogP contribution in [0.1, 0.15) is 43.2 Å². The second-order valence-corrected chi connectivity index (χ2v) is 6.81. The van der Waals surface area contributed by atoms with Gasteiger partial charge in [0.25, 0.3) is 0 Å². The second-order valence-electron chi connectivity index (χ2n) is 6.81. The van der Waals surface area contributed by atoms with E-state index in [2.05, 4.69) is 65.7 Å². The van der Waals surface area contributed by atoms with E-state index < -0.39 is 0 Å². The van der Waals surface area contributed by atoms with Crippen molar-refractivity contribution in [1.29, 1.82) is 0 Å². The van der Waals surface area contributed by atoms with Gasteiger partial charge in [-0.3, -0.25) is 4.79 Å². The van der Waals surface area contributed by atoms with Gasteiger partial charge in [0, 0.05) is 31.5 Å². The summed E-state index contributed by atoms with van der Waals surface area (Å²) in [4.78, 5) is 15.3. The fraction of sp³-hybridized carbons (Fsp3) is 0.409. The van der Waals surface area contributed by atoms with Gasteiger partial charge in [-0.2, -0.15) is 0 Å². The van der Waals surface area contributed by atoms with E-state index >= 15 is 0 Å². The highest BCUT2D eigenvalue weighted by Gasteiger charge is 2.28. The maximum atomic E-state index is 13.2. The number of hydrogen-bond donors (Lipinski definition) is 1. The lowest BCUT2D eigenvalue weighted by Gasteiger charge is -2.30. The first-order valence-corrected chi connectivity index (χ1v) is 9.39. The number of rotatable bonds is 7. The summed E-state index contributed by atoms with van der Waals surface area (Å²) in [6, 6.07) is 21.2. The summed E-state index contributed by atoms with van der Waals surface area (Å²) < 4.78 is 0. The second kappa shape index (κ2) is 8.82. The van der Waals surface area contributed by atoms with Crippen molar-refractivity contribution >= 4 is 5.91 Å². The van der Waals surface area contributed by atoms with Crippen LogP contribution in [0.4, 0.5) is 0 Å². The molecule has 25 heavy (non-hydrogen) atoms. The molecule has 1 fully saturated rings. The van der Waals surface area contributed by atoms with Crippen LogP contribution in [0.25, 0.3) is 0 Å². The molecule has 132 valence electrons. The maximum absolute atomic E-state index is 13.2. The third-order valence-electron chi connectivity index (χ3n) is 5.04. The molecule has 1 saturated heterocycles. The molecule has 0 aliphatic carbocycles. The van der Waals surface area contributed by atoms with Crippen LogP contribution >= 0.6 is 0 Å². The molecule has 0 radical (unpaired) electrons. The Morgan fingerprint density at radius 2 is 1.68 bits per heavy atom. The molecule has 1 aliphatic rings. The molecular formula is C22H28N2O. The third-order valence-corrected chi connectivity index (χ3v) is 5.04. The molecule has 1 amide bonds. The molecule has 2 aromatic carbocycles. The lowest BCUT2D eigenvalue weighted by molar-refractivity contribution is -0.133. The van der Waals surface area contributed by atoms with Crippen LogP contribution in [0, 0.1) is 0 Å². The lowest BCUT2D eigenvalue weighted by atomic mass is 9.88. The topological polar surface area (TPSA) is 32.3 Å². The van der Waals surface area contributed by atoms with E-state index in [4.69, 9.17) is 0 Å². The van der Waals surface area contributed by atoms with Crippen LogP contribution in [0.2, 0.25) is 0 Å². The third kappa shape index (κ3) is 4.49. The van der Waals surface area contributed by atoms with E-state index in [1.54, 1.807) is 0 Å². The Morgan fingerprint density at radius 1 is 1.08 bits per heavy atom. The monoisotopic (exact) mass is 336 g/mol. The Labute approximate surface area is 151 Å². The van der Waals surface area contributed by atoms with E-state index in [1.807, 2.05) is 12.1 Å². The number of nitrogens with zero attached hydrogens (tertiary/aromatic N) is 1. The summed E-state index contributed by atoms with van der Waals surface area (Å²) in [5.41, 5.74) is 2.42. The molecule has 3 heteroatoms. The molecule has 0 spiro atoms. The highest BCUT2D eigenvalue weighted by molar-refractivity contribution is 5.78. The van der Waals surface area contributed by atoms with Crippen molar-refractivity contribution < 1.29 is 4.79 Å². The highest BCUT2D eigenvalue weighted by Crippen LogP contribution is 2.29. The molecule has 0 bridgehead atoms. The Kier molecular flexibility index (Phi) is 6.24. The van der Waals surface area contributed by atoms with Gasteiger partial charge in [-0.1, -0.05) is 67.6 Å². The zero-order valence-electron chi connectivity index (χ0n) is 15.0. The fourth-order valence-electron chi connectivity index (χ4n) is 3.75. The van der Waals surface area contributed by atoms with Crippen molar-refractivity contribution in [3.05, 3.63) is 71.8 Å². The maximum Gasteiger partial charge on any atom is 0.223 e. The van der Waals surface area contributed by atoms with Gasteiger partial charge in [0.15, 0.2) is 0 Å². The van der Waals surface area contributed by atoms with Gasteiger partial charge in [0.2, 0.25) is 5.91 Å². The van der Waals surface area contributed by atoms with E-state index in [-0.39, 0.29) is 11.8 Å². The minimum atomic E-state index is 0.114. The summed E-state index contributed by atoms with van der Waals surface area (Å²) in [6.07, 6.45) is 2.60. The molecule has 1 unspecified atom stereocenters. The molecule has 3 rings (SSSR count). The minimum Gasteiger partial charge on any atom is -0.338 e. The first-order chi connectivity index (χ1) is 12.3. The van der Waals surface area contributed by atoms with E-state index in [0.29, 0.717) is 12.5 Å². The van der Waals surface area contributed by atoms with Crippen molar-refractivity contribution in [2.45, 2.75) is 38.1 Å². The molecule has 1 aliphatic heterocycles. The predicted molar refractivity (Wildman–Crippen MR) is 103 cm³/mol. The van der Waals surface area contributed by atoms with E-state index in [0.717, 1.165) is 32.5 Å². The summed E-state index contributed by atoms with van der Waals surface area (Å²) in [7, 11) is 0. The number of nitrogens with one attached hydrogen (secondary N) is 1. The van der Waals surface area contributed by atoms with Crippen molar-refractivity contribution in [2.75, 3.05) is 19.6 Å². The molecule has 2 aromatic rings. The van der Waals surface area contributed by atoms with Gasteiger partial charge < -0.3 is 10.2 Å². The average Bonchev–Trinajstić information content (AvgIpc) is 3.19. The van der Waals surface area contributed by atoms with Crippen molar-refractivity contribution in [1.82, 2.24) is 10.2 Å². The molecule has 1 N–H and O–H groups in total. The molecular weight excluding hydrogens is 308 g/mol. The summed E-state index contributed by atoms with van der Waals surface area (Å²) in [5, 5.41) is 3.39. The predicted octanol–water partition coefficient (Wildman–Crippen LogP) is 3.81. The number of hydrogen-bond acceptors (Lipinski definition) is 2. The first-order valence-electron chi connectivity index (χ1n) is 9.39. The lowest BCUT2D eigenvalue weighted by Crippen LogP contribution is -2.42. The molecule has 3 nitrogen and oxygen atoms in total. The Balaban J connectivity index is 1.82. The van der Waals surface area contributed by atoms with Crippen molar-refractivity contribution in [3.63, 3.8) is 0 Å². The van der Waals surface area contributed by atoms with Crippen LogP contribution < -0.4 is 5.32 Å². The smallest absolute Gasteiger partial charge is 0.223 e. The Hall–Kier alpha value is -2.13. The largest absolute Gasteiger partial charge is 0.338 e. The molecule has 1 heterocycles. The van der Waals surface area contributed by atoms with Crippen LogP contribution in [0.15, 0.2) is 60.7 Å². The number of amides is 1. The van der Waals surface area contributed by atoms with Gasteiger partial charge in [0.1, 0.15) is 0 Å². The number of benzene rings is 2. The standard InChI is InChI=1S/C22H28N2O/c1-2-15-24(20-13-14-23-17-20)22(25)16-21(18-9-5-3-6-10-18)19-11-7-4-8-12-19/h3-12,20-21,23H,2,13-17H2,1H3. The average molecular weight is 336 g/mol. The molecule has 1 atom stereocenters. The van der Waals surface area contributed by atoms with Gasteiger partial charge in [-0.25, -0.2) is 0 Å². The SMILES string of the molecule is CCCN(C(=O)CC(c1ccccc1)c1ccccc1)C1CCNC1. The van der Waals surface area contributed by atoms with Crippen molar-refractivity contribution in [3.8, 4) is 0 Å². The van der Waals surface area contributed by atoms with Crippen LogP contribution in [0.3, 0.4) is 0 Å².